The van der Waals surface area contributed by atoms with E-state index in [1.165, 1.54) is 28.6 Å². The van der Waals surface area contributed by atoms with E-state index in [0.29, 0.717) is 0 Å². The van der Waals surface area contributed by atoms with Gasteiger partial charge in [-0.3, -0.25) is 4.98 Å². The fraction of sp³-hybridized carbons (Fsp3) is 0.353. The molecule has 0 radical (unpaired) electrons. The second-order valence-electron chi connectivity index (χ2n) is 5.62. The summed E-state index contributed by atoms with van der Waals surface area (Å²) in [6.07, 6.45) is 4.45. The highest BCUT2D eigenvalue weighted by Crippen LogP contribution is 2.39. The lowest BCUT2D eigenvalue weighted by molar-refractivity contribution is 0.901. The monoisotopic (exact) mass is 310 g/mol. The molecular formula is C17H18N4S. The Morgan fingerprint density at radius 2 is 2.09 bits per heavy atom. The van der Waals surface area contributed by atoms with Gasteiger partial charge in [0.25, 0.3) is 0 Å². The molecule has 0 saturated carbocycles. The molecule has 2 heterocycles. The van der Waals surface area contributed by atoms with Crippen molar-refractivity contribution in [3.05, 3.63) is 35.5 Å². The number of rotatable bonds is 4. The van der Waals surface area contributed by atoms with Crippen molar-refractivity contribution in [3.63, 3.8) is 0 Å². The molecular weight excluding hydrogens is 292 g/mol. The third kappa shape index (κ3) is 2.25. The van der Waals surface area contributed by atoms with E-state index in [2.05, 4.69) is 46.7 Å². The molecule has 1 aliphatic carbocycles. The molecule has 2 aromatic heterocycles. The zero-order chi connectivity index (χ0) is 14.9. The summed E-state index contributed by atoms with van der Waals surface area (Å²) < 4.78 is 0. The van der Waals surface area contributed by atoms with Crippen LogP contribution in [0.25, 0.3) is 21.5 Å². The highest BCUT2D eigenvalue weighted by molar-refractivity contribution is 7.18. The van der Waals surface area contributed by atoms with Crippen molar-refractivity contribution in [3.8, 4) is 10.6 Å². The van der Waals surface area contributed by atoms with Crippen molar-refractivity contribution >= 4 is 27.4 Å². The van der Waals surface area contributed by atoms with Crippen LogP contribution in [0.1, 0.15) is 31.0 Å². The molecule has 3 aromatic rings. The molecule has 4 rings (SSSR count). The van der Waals surface area contributed by atoms with Crippen molar-refractivity contribution in [1.29, 1.82) is 0 Å². The number of hydrogen-bond acceptors (Lipinski definition) is 5. The molecule has 0 atom stereocenters. The minimum Gasteiger partial charge on any atom is -0.360 e. The van der Waals surface area contributed by atoms with Crippen molar-refractivity contribution in [2.45, 2.75) is 32.6 Å². The van der Waals surface area contributed by atoms with Gasteiger partial charge in [0.2, 0.25) is 5.13 Å². The van der Waals surface area contributed by atoms with Crippen molar-refractivity contribution in [2.24, 2.45) is 0 Å². The highest BCUT2D eigenvalue weighted by Gasteiger charge is 2.22. The molecule has 0 saturated heterocycles. The average molecular weight is 310 g/mol. The maximum atomic E-state index is 4.84. The number of aryl methyl sites for hydroxylation is 1. The first kappa shape index (κ1) is 13.6. The summed E-state index contributed by atoms with van der Waals surface area (Å²) in [5.74, 6) is 0. The van der Waals surface area contributed by atoms with E-state index >= 15 is 0 Å². The van der Waals surface area contributed by atoms with E-state index in [4.69, 9.17) is 4.98 Å². The zero-order valence-electron chi connectivity index (χ0n) is 12.6. The summed E-state index contributed by atoms with van der Waals surface area (Å²) >= 11 is 1.65. The lowest BCUT2D eigenvalue weighted by Crippen LogP contribution is -1.98. The van der Waals surface area contributed by atoms with Gasteiger partial charge in [0, 0.05) is 23.2 Å². The predicted molar refractivity (Wildman–Crippen MR) is 91.5 cm³/mol. The number of anilines is 1. The molecule has 1 N–H and O–H groups in total. The summed E-state index contributed by atoms with van der Waals surface area (Å²) in [5.41, 5.74) is 4.93. The van der Waals surface area contributed by atoms with Crippen molar-refractivity contribution in [2.75, 3.05) is 11.9 Å². The van der Waals surface area contributed by atoms with Crippen LogP contribution in [-0.4, -0.2) is 21.7 Å². The van der Waals surface area contributed by atoms with Crippen LogP contribution in [0.15, 0.2) is 24.3 Å². The first-order chi connectivity index (χ1) is 10.9. The Kier molecular flexibility index (Phi) is 3.50. The maximum Gasteiger partial charge on any atom is 0.206 e. The molecule has 0 fully saturated rings. The normalized spacial score (nSPS) is 13.5. The van der Waals surface area contributed by atoms with Gasteiger partial charge in [-0.25, -0.2) is 0 Å². The first-order valence-corrected chi connectivity index (χ1v) is 8.66. The zero-order valence-corrected chi connectivity index (χ0v) is 13.4. The van der Waals surface area contributed by atoms with Gasteiger partial charge >= 0.3 is 0 Å². The van der Waals surface area contributed by atoms with Crippen LogP contribution in [-0.2, 0) is 12.8 Å². The summed E-state index contributed by atoms with van der Waals surface area (Å²) in [4.78, 5) is 4.84. The number of aromatic nitrogens is 3. The van der Waals surface area contributed by atoms with Crippen LogP contribution in [0.3, 0.4) is 0 Å². The van der Waals surface area contributed by atoms with E-state index in [1.54, 1.807) is 11.3 Å². The van der Waals surface area contributed by atoms with E-state index < -0.39 is 0 Å². The maximum absolute atomic E-state index is 4.84. The van der Waals surface area contributed by atoms with Crippen LogP contribution >= 0.6 is 11.3 Å². The largest absolute Gasteiger partial charge is 0.360 e. The third-order valence-corrected chi connectivity index (χ3v) is 4.98. The molecule has 0 spiro atoms. The van der Waals surface area contributed by atoms with Crippen LogP contribution in [0.5, 0.6) is 0 Å². The summed E-state index contributed by atoms with van der Waals surface area (Å²) in [5, 5.41) is 15.2. The van der Waals surface area contributed by atoms with Crippen LogP contribution in [0, 0.1) is 0 Å². The molecule has 0 aliphatic heterocycles. The minimum atomic E-state index is 0.907. The summed E-state index contributed by atoms with van der Waals surface area (Å²) in [7, 11) is 0. The minimum absolute atomic E-state index is 0.907. The van der Waals surface area contributed by atoms with Gasteiger partial charge in [0.05, 0.1) is 5.52 Å². The number of para-hydroxylation sites is 1. The highest BCUT2D eigenvalue weighted by atomic mass is 32.1. The Morgan fingerprint density at radius 1 is 1.18 bits per heavy atom. The summed E-state index contributed by atoms with van der Waals surface area (Å²) in [6.45, 7) is 3.09. The van der Waals surface area contributed by atoms with Crippen LogP contribution in [0.4, 0.5) is 5.13 Å². The Morgan fingerprint density at radius 3 is 3.00 bits per heavy atom. The van der Waals surface area contributed by atoms with Gasteiger partial charge in [-0.1, -0.05) is 36.5 Å². The van der Waals surface area contributed by atoms with Gasteiger partial charge in [-0.2, -0.15) is 0 Å². The molecule has 5 heteroatoms. The summed E-state index contributed by atoms with van der Waals surface area (Å²) in [6, 6.07) is 8.37. The smallest absolute Gasteiger partial charge is 0.206 e. The lowest BCUT2D eigenvalue weighted by atomic mass is 10.0. The molecule has 1 aromatic carbocycles. The van der Waals surface area contributed by atoms with Gasteiger partial charge in [-0.15, -0.1) is 10.2 Å². The Balaban J connectivity index is 1.88. The van der Waals surface area contributed by atoms with Crippen LogP contribution < -0.4 is 5.32 Å². The van der Waals surface area contributed by atoms with Gasteiger partial charge in [0.1, 0.15) is 0 Å². The fourth-order valence-corrected chi connectivity index (χ4v) is 3.94. The predicted octanol–water partition coefficient (Wildman–Crippen LogP) is 4.06. The van der Waals surface area contributed by atoms with E-state index in [1.807, 2.05) is 0 Å². The number of fused-ring (bicyclic) bond motifs is 2. The molecule has 1 aliphatic rings. The molecule has 0 unspecified atom stereocenters. The van der Waals surface area contributed by atoms with Crippen LogP contribution in [0.2, 0.25) is 0 Å². The Hall–Kier alpha value is -2.01. The standard InChI is InChI=1S/C17H18N4S/c1-2-10-18-17-21-20-16(22-17)15-11-6-3-4-8-13(11)19-14-9-5-7-12(14)15/h3-4,6,8H,2,5,7,9-10H2,1H3,(H,18,21). The number of nitrogens with one attached hydrogen (secondary N) is 1. The van der Waals surface area contributed by atoms with E-state index in [-0.39, 0.29) is 0 Å². The second-order valence-corrected chi connectivity index (χ2v) is 6.60. The topological polar surface area (TPSA) is 50.7 Å². The van der Waals surface area contributed by atoms with Gasteiger partial charge in [0.15, 0.2) is 5.01 Å². The first-order valence-electron chi connectivity index (χ1n) is 7.85. The quantitative estimate of drug-likeness (QED) is 0.789. The average Bonchev–Trinajstić information content (AvgIpc) is 3.19. The molecule has 4 nitrogen and oxygen atoms in total. The molecule has 112 valence electrons. The molecule has 0 amide bonds. The second kappa shape index (κ2) is 5.65. The van der Waals surface area contributed by atoms with Gasteiger partial charge < -0.3 is 5.32 Å². The Labute approximate surface area is 133 Å². The Bertz CT molecular complexity index is 825. The molecule has 22 heavy (non-hydrogen) atoms. The molecule has 0 bridgehead atoms. The lowest BCUT2D eigenvalue weighted by Gasteiger charge is -2.09. The van der Waals surface area contributed by atoms with Crippen molar-refractivity contribution < 1.29 is 0 Å². The number of nitrogens with zero attached hydrogens (tertiary/aromatic N) is 3. The van der Waals surface area contributed by atoms with Crippen molar-refractivity contribution in [1.82, 2.24) is 15.2 Å². The van der Waals surface area contributed by atoms with E-state index in [0.717, 1.165) is 41.5 Å². The fourth-order valence-electron chi connectivity index (χ4n) is 3.08. The number of pyridine rings is 1. The number of hydrogen-bond donors (Lipinski definition) is 1. The number of benzene rings is 1. The third-order valence-electron chi connectivity index (χ3n) is 4.08. The van der Waals surface area contributed by atoms with E-state index in [9.17, 15) is 0 Å². The SMILES string of the molecule is CCCNc1nnc(-c2c3c(nc4ccccc24)CCC3)s1. The van der Waals surface area contributed by atoms with Gasteiger partial charge in [-0.05, 0) is 37.3 Å².